The first-order valence-electron chi connectivity index (χ1n) is 10.2. The molecule has 0 aliphatic carbocycles. The molecule has 9 heteroatoms. The number of likely N-dealkylation sites (N-methyl/N-ethyl adjacent to an activating group) is 1. The fraction of sp³-hybridized carbons (Fsp3) is 0.409. The second-order valence-corrected chi connectivity index (χ2v) is 8.85. The maximum absolute atomic E-state index is 12.9. The quantitative estimate of drug-likeness (QED) is 0.684. The summed E-state index contributed by atoms with van der Waals surface area (Å²) >= 11 is 12.0. The van der Waals surface area contributed by atoms with Crippen LogP contribution >= 0.6 is 23.2 Å². The fourth-order valence-electron chi connectivity index (χ4n) is 3.33. The van der Waals surface area contributed by atoms with Gasteiger partial charge in [0.15, 0.2) is 0 Å². The molecule has 1 aliphatic rings. The molecule has 0 radical (unpaired) electrons. The highest BCUT2D eigenvalue weighted by molar-refractivity contribution is 6.36. The number of carbonyl (C=O) groups is 2. The molecule has 7 nitrogen and oxygen atoms in total. The van der Waals surface area contributed by atoms with Gasteiger partial charge in [-0.25, -0.2) is 4.98 Å². The Morgan fingerprint density at radius 1 is 1.06 bits per heavy atom. The van der Waals surface area contributed by atoms with Crippen LogP contribution in [0.5, 0.6) is 0 Å². The van der Waals surface area contributed by atoms with Crippen molar-refractivity contribution in [1.29, 1.82) is 0 Å². The van der Waals surface area contributed by atoms with Crippen LogP contribution in [0.2, 0.25) is 10.0 Å². The number of pyridine rings is 1. The van der Waals surface area contributed by atoms with E-state index >= 15 is 0 Å². The first-order chi connectivity index (χ1) is 14.7. The van der Waals surface area contributed by atoms with Crippen LogP contribution in [0.15, 0.2) is 36.5 Å². The lowest BCUT2D eigenvalue weighted by molar-refractivity contribution is -0.118. The number of carbonyl (C=O) groups excluding carboxylic acids is 2. The molecule has 3 rings (SSSR count). The molecular weight excluding hydrogens is 437 g/mol. The molecular formula is C22H27Cl2N5O2. The summed E-state index contributed by atoms with van der Waals surface area (Å²) < 4.78 is 0. The second kappa shape index (κ2) is 10.3. The lowest BCUT2D eigenvalue weighted by Gasteiger charge is -2.33. The molecule has 2 aromatic rings. The minimum atomic E-state index is -0.739. The summed E-state index contributed by atoms with van der Waals surface area (Å²) in [7, 11) is 2.11. The summed E-state index contributed by atoms with van der Waals surface area (Å²) in [4.78, 5) is 34.5. The van der Waals surface area contributed by atoms with Gasteiger partial charge in [0.1, 0.15) is 11.9 Å². The zero-order valence-electron chi connectivity index (χ0n) is 17.9. The van der Waals surface area contributed by atoms with Gasteiger partial charge in [0.05, 0.1) is 22.5 Å². The predicted molar refractivity (Wildman–Crippen MR) is 125 cm³/mol. The monoisotopic (exact) mass is 463 g/mol. The molecule has 2 amide bonds. The summed E-state index contributed by atoms with van der Waals surface area (Å²) in [6.45, 7) is 7.56. The van der Waals surface area contributed by atoms with Crippen LogP contribution in [-0.2, 0) is 4.79 Å². The first kappa shape index (κ1) is 23.3. The van der Waals surface area contributed by atoms with Gasteiger partial charge in [-0.1, -0.05) is 37.0 Å². The third kappa shape index (κ3) is 6.09. The van der Waals surface area contributed by atoms with E-state index in [1.54, 1.807) is 12.3 Å². The second-order valence-electron chi connectivity index (χ2n) is 8.00. The van der Waals surface area contributed by atoms with E-state index in [0.717, 1.165) is 32.0 Å². The average Bonchev–Trinajstić information content (AvgIpc) is 2.72. The van der Waals surface area contributed by atoms with E-state index in [4.69, 9.17) is 23.2 Å². The first-order valence-corrected chi connectivity index (χ1v) is 11.0. The van der Waals surface area contributed by atoms with Crippen molar-refractivity contribution in [2.24, 2.45) is 5.92 Å². The predicted octanol–water partition coefficient (Wildman–Crippen LogP) is 3.53. The molecule has 1 fully saturated rings. The molecule has 2 N–H and O–H groups in total. The minimum Gasteiger partial charge on any atom is -0.354 e. The Bertz CT molecular complexity index is 928. The van der Waals surface area contributed by atoms with E-state index in [-0.39, 0.29) is 22.4 Å². The van der Waals surface area contributed by atoms with Gasteiger partial charge in [-0.2, -0.15) is 0 Å². The van der Waals surface area contributed by atoms with Crippen molar-refractivity contribution >= 4 is 46.5 Å². The highest BCUT2D eigenvalue weighted by Crippen LogP contribution is 2.22. The zero-order chi connectivity index (χ0) is 22.5. The van der Waals surface area contributed by atoms with Crippen LogP contribution in [0.3, 0.4) is 0 Å². The number of nitrogens with zero attached hydrogens (tertiary/aromatic N) is 3. The number of anilines is 2. The van der Waals surface area contributed by atoms with Gasteiger partial charge in [-0.3, -0.25) is 9.59 Å². The lowest BCUT2D eigenvalue weighted by atomic mass is 10.0. The molecule has 1 aromatic heterocycles. The number of halogens is 2. The van der Waals surface area contributed by atoms with E-state index in [0.29, 0.717) is 10.7 Å². The molecule has 1 atom stereocenters. The third-order valence-corrected chi connectivity index (χ3v) is 5.80. The van der Waals surface area contributed by atoms with E-state index < -0.39 is 11.9 Å². The van der Waals surface area contributed by atoms with Crippen molar-refractivity contribution in [3.63, 3.8) is 0 Å². The Hall–Kier alpha value is -2.35. The standard InChI is InChI=1S/C22H27Cl2N5O2/c1-14(2)20(27-21(30)17-6-4-15(23)12-18(17)24)22(31)26-16-5-7-19(25-13-16)29-10-8-28(3)9-11-29/h4-7,12-14,20H,8-11H2,1-3H3,(H,26,31)(H,27,30)/t20-/m0/s1. The molecule has 166 valence electrons. The van der Waals surface area contributed by atoms with E-state index in [1.807, 2.05) is 26.0 Å². The van der Waals surface area contributed by atoms with Crippen molar-refractivity contribution in [3.05, 3.63) is 52.1 Å². The van der Waals surface area contributed by atoms with Gasteiger partial charge in [0, 0.05) is 31.2 Å². The Kier molecular flexibility index (Phi) is 7.75. The summed E-state index contributed by atoms with van der Waals surface area (Å²) in [6, 6.07) is 7.61. The van der Waals surface area contributed by atoms with Gasteiger partial charge in [0.2, 0.25) is 5.91 Å². The van der Waals surface area contributed by atoms with Crippen molar-refractivity contribution in [1.82, 2.24) is 15.2 Å². The molecule has 2 heterocycles. The van der Waals surface area contributed by atoms with E-state index in [9.17, 15) is 9.59 Å². The Morgan fingerprint density at radius 2 is 1.77 bits per heavy atom. The van der Waals surface area contributed by atoms with E-state index in [2.05, 4.69) is 32.5 Å². The van der Waals surface area contributed by atoms with E-state index in [1.165, 1.54) is 12.1 Å². The average molecular weight is 464 g/mol. The third-order valence-electron chi connectivity index (χ3n) is 5.25. The molecule has 1 aromatic carbocycles. The van der Waals surface area contributed by atoms with Gasteiger partial charge < -0.3 is 20.4 Å². The lowest BCUT2D eigenvalue weighted by Crippen LogP contribution is -2.47. The number of hydrogen-bond acceptors (Lipinski definition) is 5. The van der Waals surface area contributed by atoms with Crippen LogP contribution in [0.25, 0.3) is 0 Å². The van der Waals surface area contributed by atoms with Gasteiger partial charge in [-0.05, 0) is 43.3 Å². The number of rotatable bonds is 6. The van der Waals surface area contributed by atoms with Crippen molar-refractivity contribution < 1.29 is 9.59 Å². The largest absolute Gasteiger partial charge is 0.354 e. The topological polar surface area (TPSA) is 77.6 Å². The number of aromatic nitrogens is 1. The van der Waals surface area contributed by atoms with Gasteiger partial charge in [0.25, 0.3) is 5.91 Å². The Morgan fingerprint density at radius 3 is 2.35 bits per heavy atom. The smallest absolute Gasteiger partial charge is 0.253 e. The van der Waals surface area contributed by atoms with Crippen molar-refractivity contribution in [2.45, 2.75) is 19.9 Å². The summed E-state index contributed by atoms with van der Waals surface area (Å²) in [5.41, 5.74) is 0.843. The summed E-state index contributed by atoms with van der Waals surface area (Å²) in [5.74, 6) is 0.00595. The van der Waals surface area contributed by atoms with Gasteiger partial charge in [-0.15, -0.1) is 0 Å². The zero-order valence-corrected chi connectivity index (χ0v) is 19.4. The van der Waals surface area contributed by atoms with Crippen molar-refractivity contribution in [3.8, 4) is 0 Å². The minimum absolute atomic E-state index is 0.132. The summed E-state index contributed by atoms with van der Waals surface area (Å²) in [6.07, 6.45) is 1.64. The molecule has 0 saturated carbocycles. The highest BCUT2D eigenvalue weighted by atomic mass is 35.5. The Labute approximate surface area is 192 Å². The molecule has 1 aliphatic heterocycles. The Balaban J connectivity index is 1.64. The van der Waals surface area contributed by atoms with Crippen LogP contribution in [0, 0.1) is 5.92 Å². The van der Waals surface area contributed by atoms with Crippen LogP contribution in [0.1, 0.15) is 24.2 Å². The van der Waals surface area contributed by atoms with Gasteiger partial charge >= 0.3 is 0 Å². The summed E-state index contributed by atoms with van der Waals surface area (Å²) in [5, 5.41) is 6.28. The molecule has 1 saturated heterocycles. The number of piperazine rings is 1. The number of nitrogens with one attached hydrogen (secondary N) is 2. The van der Waals surface area contributed by atoms with Crippen LogP contribution in [-0.4, -0.2) is 61.0 Å². The van der Waals surface area contributed by atoms with Crippen molar-refractivity contribution in [2.75, 3.05) is 43.4 Å². The number of benzene rings is 1. The molecule has 0 bridgehead atoms. The van der Waals surface area contributed by atoms with Crippen LogP contribution < -0.4 is 15.5 Å². The number of amides is 2. The number of hydrogen-bond donors (Lipinski definition) is 2. The molecule has 0 spiro atoms. The molecule has 0 unspecified atom stereocenters. The normalized spacial score (nSPS) is 15.6. The maximum atomic E-state index is 12.9. The molecule has 31 heavy (non-hydrogen) atoms. The van der Waals surface area contributed by atoms with Crippen LogP contribution in [0.4, 0.5) is 11.5 Å². The fourth-order valence-corrected chi connectivity index (χ4v) is 3.82. The SMILES string of the molecule is CC(C)[C@H](NC(=O)c1ccc(Cl)cc1Cl)C(=O)Nc1ccc(N2CCN(C)CC2)nc1. The highest BCUT2D eigenvalue weighted by Gasteiger charge is 2.26. The maximum Gasteiger partial charge on any atom is 0.253 e.